The van der Waals surface area contributed by atoms with Gasteiger partial charge in [-0.3, -0.25) is 4.79 Å². The lowest BCUT2D eigenvalue weighted by Crippen LogP contribution is -2.45. The molecule has 1 aromatic heterocycles. The Hall–Kier alpha value is -1.32. The SMILES string of the molecule is CCC(C)(C)NC(=O)C(C)n1cnc(C)c1C. The molecule has 0 fully saturated rings. The van der Waals surface area contributed by atoms with Crippen LogP contribution in [0.1, 0.15) is 51.5 Å². The van der Waals surface area contributed by atoms with E-state index in [-0.39, 0.29) is 17.5 Å². The molecular formula is C13H23N3O. The van der Waals surface area contributed by atoms with E-state index in [0.717, 1.165) is 17.8 Å². The van der Waals surface area contributed by atoms with E-state index in [1.807, 2.05) is 39.2 Å². The Balaban J connectivity index is 2.81. The van der Waals surface area contributed by atoms with Gasteiger partial charge in [0.25, 0.3) is 0 Å². The molecule has 0 bridgehead atoms. The first-order valence-corrected chi connectivity index (χ1v) is 6.10. The van der Waals surface area contributed by atoms with Gasteiger partial charge >= 0.3 is 0 Å². The van der Waals surface area contributed by atoms with Gasteiger partial charge in [0.1, 0.15) is 6.04 Å². The van der Waals surface area contributed by atoms with Crippen LogP contribution in [0.25, 0.3) is 0 Å². The maximum absolute atomic E-state index is 12.1. The Bertz CT molecular complexity index is 407. The molecule has 4 nitrogen and oxygen atoms in total. The van der Waals surface area contributed by atoms with Crippen molar-refractivity contribution in [1.29, 1.82) is 0 Å². The van der Waals surface area contributed by atoms with Gasteiger partial charge in [0.15, 0.2) is 0 Å². The van der Waals surface area contributed by atoms with Crippen LogP contribution in [0.4, 0.5) is 0 Å². The first-order valence-electron chi connectivity index (χ1n) is 6.10. The standard InChI is InChI=1S/C13H23N3O/c1-7-13(5,6)15-12(17)11(4)16-8-14-9(2)10(16)3/h8,11H,7H2,1-6H3,(H,15,17). The van der Waals surface area contributed by atoms with Crippen molar-refractivity contribution in [2.24, 2.45) is 0 Å². The maximum Gasteiger partial charge on any atom is 0.243 e. The molecule has 1 aromatic rings. The van der Waals surface area contributed by atoms with Crippen molar-refractivity contribution in [2.75, 3.05) is 0 Å². The van der Waals surface area contributed by atoms with Crippen LogP contribution in [0.15, 0.2) is 6.33 Å². The summed E-state index contributed by atoms with van der Waals surface area (Å²) in [5, 5.41) is 3.05. The first kappa shape index (κ1) is 13.7. The number of amides is 1. The summed E-state index contributed by atoms with van der Waals surface area (Å²) in [6.45, 7) is 12.0. The zero-order valence-electron chi connectivity index (χ0n) is 11.7. The Kier molecular flexibility index (Phi) is 3.96. The fraction of sp³-hybridized carbons (Fsp3) is 0.692. The van der Waals surface area contributed by atoms with Crippen LogP contribution < -0.4 is 5.32 Å². The summed E-state index contributed by atoms with van der Waals surface area (Å²) in [4.78, 5) is 16.3. The Morgan fingerprint density at radius 2 is 2.12 bits per heavy atom. The Morgan fingerprint density at radius 1 is 1.53 bits per heavy atom. The molecule has 1 amide bonds. The minimum absolute atomic E-state index is 0.0392. The summed E-state index contributed by atoms with van der Waals surface area (Å²) >= 11 is 0. The number of nitrogens with zero attached hydrogens (tertiary/aromatic N) is 2. The van der Waals surface area contributed by atoms with Gasteiger partial charge in [-0.15, -0.1) is 0 Å². The van der Waals surface area contributed by atoms with Crippen LogP contribution in [0.2, 0.25) is 0 Å². The number of hydrogen-bond acceptors (Lipinski definition) is 2. The zero-order valence-corrected chi connectivity index (χ0v) is 11.7. The average Bonchev–Trinajstić information content (AvgIpc) is 2.58. The number of aromatic nitrogens is 2. The monoisotopic (exact) mass is 237 g/mol. The molecule has 1 atom stereocenters. The fourth-order valence-corrected chi connectivity index (χ4v) is 1.56. The molecule has 4 heteroatoms. The van der Waals surface area contributed by atoms with Crippen LogP contribution in [0, 0.1) is 13.8 Å². The summed E-state index contributed by atoms with van der Waals surface area (Å²) in [7, 11) is 0. The van der Waals surface area contributed by atoms with Crippen LogP contribution in [0.3, 0.4) is 0 Å². The highest BCUT2D eigenvalue weighted by atomic mass is 16.2. The van der Waals surface area contributed by atoms with Crippen LogP contribution in [-0.4, -0.2) is 21.0 Å². The number of hydrogen-bond donors (Lipinski definition) is 1. The van der Waals surface area contributed by atoms with Crippen LogP contribution in [0.5, 0.6) is 0 Å². The molecule has 0 saturated carbocycles. The third-order valence-corrected chi connectivity index (χ3v) is 3.43. The lowest BCUT2D eigenvalue weighted by Gasteiger charge is -2.27. The van der Waals surface area contributed by atoms with Crippen molar-refractivity contribution in [3.8, 4) is 0 Å². The largest absolute Gasteiger partial charge is 0.349 e. The molecule has 0 aromatic carbocycles. The van der Waals surface area contributed by atoms with Gasteiger partial charge in [-0.05, 0) is 41.0 Å². The molecule has 0 radical (unpaired) electrons. The number of imidazole rings is 1. The maximum atomic E-state index is 12.1. The summed E-state index contributed by atoms with van der Waals surface area (Å²) in [6.07, 6.45) is 2.64. The molecule has 1 rings (SSSR count). The third kappa shape index (κ3) is 3.08. The van der Waals surface area contributed by atoms with Gasteiger partial charge in [-0.2, -0.15) is 0 Å². The lowest BCUT2D eigenvalue weighted by atomic mass is 10.0. The van der Waals surface area contributed by atoms with E-state index in [0.29, 0.717) is 0 Å². The van der Waals surface area contributed by atoms with Crippen LogP contribution >= 0.6 is 0 Å². The van der Waals surface area contributed by atoms with E-state index in [1.54, 1.807) is 6.33 Å². The first-order chi connectivity index (χ1) is 7.78. The average molecular weight is 237 g/mol. The van der Waals surface area contributed by atoms with Crippen molar-refractivity contribution >= 4 is 5.91 Å². The van der Waals surface area contributed by atoms with Gasteiger partial charge in [0.05, 0.1) is 12.0 Å². The minimum Gasteiger partial charge on any atom is -0.349 e. The van der Waals surface area contributed by atoms with E-state index < -0.39 is 0 Å². The predicted molar refractivity (Wildman–Crippen MR) is 68.9 cm³/mol. The second-order valence-corrected chi connectivity index (χ2v) is 5.23. The van der Waals surface area contributed by atoms with Crippen molar-refractivity contribution in [2.45, 2.75) is 59.5 Å². The zero-order chi connectivity index (χ0) is 13.2. The molecule has 1 N–H and O–H groups in total. The van der Waals surface area contributed by atoms with Gasteiger partial charge in [-0.1, -0.05) is 6.92 Å². The molecule has 96 valence electrons. The molecule has 0 saturated heterocycles. The number of aryl methyl sites for hydroxylation is 1. The molecule has 1 heterocycles. The van der Waals surface area contributed by atoms with Gasteiger partial charge in [0.2, 0.25) is 5.91 Å². The summed E-state index contributed by atoms with van der Waals surface area (Å²) < 4.78 is 1.91. The lowest BCUT2D eigenvalue weighted by molar-refractivity contribution is -0.125. The fourth-order valence-electron chi connectivity index (χ4n) is 1.56. The topological polar surface area (TPSA) is 46.9 Å². The number of carbonyl (C=O) groups is 1. The second kappa shape index (κ2) is 4.90. The highest BCUT2D eigenvalue weighted by Crippen LogP contribution is 2.15. The molecule has 1 unspecified atom stereocenters. The third-order valence-electron chi connectivity index (χ3n) is 3.43. The van der Waals surface area contributed by atoms with Gasteiger partial charge in [-0.25, -0.2) is 4.98 Å². The normalized spacial score (nSPS) is 13.5. The summed E-state index contributed by atoms with van der Waals surface area (Å²) in [5.41, 5.74) is 1.86. The molecule has 17 heavy (non-hydrogen) atoms. The molecule has 0 aliphatic rings. The highest BCUT2D eigenvalue weighted by molar-refractivity contribution is 5.80. The number of rotatable bonds is 4. The summed E-state index contributed by atoms with van der Waals surface area (Å²) in [6, 6.07) is -0.220. The van der Waals surface area contributed by atoms with E-state index >= 15 is 0 Å². The van der Waals surface area contributed by atoms with Crippen LogP contribution in [-0.2, 0) is 4.79 Å². The quantitative estimate of drug-likeness (QED) is 0.874. The molecular weight excluding hydrogens is 214 g/mol. The van der Waals surface area contributed by atoms with E-state index in [9.17, 15) is 4.79 Å². The second-order valence-electron chi connectivity index (χ2n) is 5.23. The Labute approximate surface area is 103 Å². The molecule has 0 spiro atoms. The van der Waals surface area contributed by atoms with E-state index in [2.05, 4.69) is 17.2 Å². The summed E-state index contributed by atoms with van der Waals surface area (Å²) in [5.74, 6) is 0.0392. The predicted octanol–water partition coefficient (Wildman–Crippen LogP) is 2.37. The van der Waals surface area contributed by atoms with E-state index in [4.69, 9.17) is 0 Å². The van der Waals surface area contributed by atoms with Crippen molar-refractivity contribution < 1.29 is 4.79 Å². The minimum atomic E-state index is -0.220. The molecule has 0 aliphatic carbocycles. The highest BCUT2D eigenvalue weighted by Gasteiger charge is 2.23. The number of carbonyl (C=O) groups excluding carboxylic acids is 1. The molecule has 0 aliphatic heterocycles. The smallest absolute Gasteiger partial charge is 0.243 e. The number of nitrogens with one attached hydrogen (secondary N) is 1. The van der Waals surface area contributed by atoms with Crippen molar-refractivity contribution in [3.05, 3.63) is 17.7 Å². The Morgan fingerprint density at radius 3 is 2.53 bits per heavy atom. The van der Waals surface area contributed by atoms with E-state index in [1.165, 1.54) is 0 Å². The van der Waals surface area contributed by atoms with Crippen molar-refractivity contribution in [3.63, 3.8) is 0 Å². The van der Waals surface area contributed by atoms with Gasteiger partial charge < -0.3 is 9.88 Å². The van der Waals surface area contributed by atoms with Gasteiger partial charge in [0, 0.05) is 11.2 Å². The van der Waals surface area contributed by atoms with Crippen molar-refractivity contribution in [1.82, 2.24) is 14.9 Å².